The Morgan fingerprint density at radius 3 is 2.12 bits per heavy atom. The molecule has 1 aromatic rings. The van der Waals surface area contributed by atoms with Crippen molar-refractivity contribution in [3.05, 3.63) is 24.3 Å². The minimum absolute atomic E-state index is 0.597. The Morgan fingerprint density at radius 2 is 1.65 bits per heavy atom. The van der Waals surface area contributed by atoms with E-state index < -0.39 is 6.68 Å². The van der Waals surface area contributed by atoms with E-state index in [1.54, 1.807) is 0 Å². The summed E-state index contributed by atoms with van der Waals surface area (Å²) < 4.78 is 39.5. The van der Waals surface area contributed by atoms with E-state index in [1.807, 2.05) is 31.2 Å². The number of alkyl halides is 3. The molecule has 1 aromatic carbocycles. The Bertz CT molecular complexity index is 278. The monoisotopic (exact) mass is 268 g/mol. The molecule has 0 atom stereocenters. The Morgan fingerprint density at radius 1 is 1.12 bits per heavy atom. The first kappa shape index (κ1) is 16.1. The highest BCUT2D eigenvalue weighted by Gasteiger charge is 1.92. The number of thiol groups is 1. The van der Waals surface area contributed by atoms with Crippen LogP contribution in [0.3, 0.4) is 0 Å². The van der Waals surface area contributed by atoms with Gasteiger partial charge < -0.3 is 9.47 Å². The molecule has 6 heteroatoms. The highest BCUT2D eigenvalue weighted by molar-refractivity contribution is 7.80. The van der Waals surface area contributed by atoms with Crippen molar-refractivity contribution in [3.8, 4) is 5.75 Å². The SMILES string of the molecule is CCOCCOc1ccc(S)cc1.FC(F)F. The highest BCUT2D eigenvalue weighted by Crippen LogP contribution is 2.13. The summed E-state index contributed by atoms with van der Waals surface area (Å²) in [4.78, 5) is 0.942. The molecular formula is C11H15F3O2S. The second-order valence-corrected chi connectivity index (χ2v) is 3.30. The van der Waals surface area contributed by atoms with Gasteiger partial charge in [0.25, 0.3) is 0 Å². The number of halogens is 3. The Hall–Kier alpha value is -0.880. The fourth-order valence-electron chi connectivity index (χ4n) is 0.905. The molecule has 0 amide bonds. The highest BCUT2D eigenvalue weighted by atomic mass is 32.1. The van der Waals surface area contributed by atoms with E-state index in [-0.39, 0.29) is 0 Å². The molecule has 0 aliphatic carbocycles. The molecule has 0 radical (unpaired) electrons. The molecule has 0 aromatic heterocycles. The van der Waals surface area contributed by atoms with Crippen molar-refractivity contribution >= 4 is 12.6 Å². The first-order valence-electron chi connectivity index (χ1n) is 4.98. The molecule has 0 aliphatic rings. The van der Waals surface area contributed by atoms with Gasteiger partial charge in [-0.3, -0.25) is 0 Å². The molecule has 0 unspecified atom stereocenters. The molecule has 0 N–H and O–H groups in total. The largest absolute Gasteiger partial charge is 0.491 e. The lowest BCUT2D eigenvalue weighted by molar-refractivity contribution is 0.00819. The van der Waals surface area contributed by atoms with Crippen molar-refractivity contribution in [3.63, 3.8) is 0 Å². The molecular weight excluding hydrogens is 253 g/mol. The van der Waals surface area contributed by atoms with E-state index in [2.05, 4.69) is 12.6 Å². The molecule has 0 spiro atoms. The Kier molecular flexibility index (Phi) is 9.75. The van der Waals surface area contributed by atoms with Crippen LogP contribution in [0.5, 0.6) is 5.75 Å². The van der Waals surface area contributed by atoms with E-state index in [0.29, 0.717) is 13.2 Å². The first-order chi connectivity index (χ1) is 8.06. The van der Waals surface area contributed by atoms with Crippen LogP contribution in [0.2, 0.25) is 0 Å². The summed E-state index contributed by atoms with van der Waals surface area (Å²) in [6.07, 6.45) is 0. The number of rotatable bonds is 5. The molecule has 0 saturated carbocycles. The summed E-state index contributed by atoms with van der Waals surface area (Å²) in [7, 11) is 0. The molecule has 0 bridgehead atoms. The van der Waals surface area contributed by atoms with Gasteiger partial charge in [0.1, 0.15) is 12.4 Å². The van der Waals surface area contributed by atoms with Gasteiger partial charge in [0.15, 0.2) is 0 Å². The summed E-state index contributed by atoms with van der Waals surface area (Å²) in [5.74, 6) is 0.859. The number of ether oxygens (including phenoxy) is 2. The molecule has 0 aliphatic heterocycles. The molecule has 98 valence electrons. The van der Waals surface area contributed by atoms with Crippen LogP contribution < -0.4 is 4.74 Å². The van der Waals surface area contributed by atoms with Crippen LogP contribution in [-0.2, 0) is 4.74 Å². The number of benzene rings is 1. The van der Waals surface area contributed by atoms with Gasteiger partial charge in [-0.25, -0.2) is 0 Å². The average molecular weight is 268 g/mol. The van der Waals surface area contributed by atoms with Crippen molar-refractivity contribution in [2.45, 2.75) is 18.5 Å². The fraction of sp³-hybridized carbons (Fsp3) is 0.455. The molecule has 2 nitrogen and oxygen atoms in total. The minimum atomic E-state index is -3.67. The van der Waals surface area contributed by atoms with Crippen LogP contribution >= 0.6 is 12.6 Å². The second kappa shape index (κ2) is 10.3. The third-order valence-electron chi connectivity index (χ3n) is 1.54. The number of hydrogen-bond donors (Lipinski definition) is 1. The van der Waals surface area contributed by atoms with Gasteiger partial charge in [-0.1, -0.05) is 0 Å². The van der Waals surface area contributed by atoms with Gasteiger partial charge in [0.05, 0.1) is 6.61 Å². The molecule has 17 heavy (non-hydrogen) atoms. The van der Waals surface area contributed by atoms with Crippen LogP contribution in [0.1, 0.15) is 6.92 Å². The maximum atomic E-state index is 9.67. The third kappa shape index (κ3) is 11.4. The summed E-state index contributed by atoms with van der Waals surface area (Å²) in [6.45, 7) is 0.271. The first-order valence-corrected chi connectivity index (χ1v) is 5.42. The zero-order chi connectivity index (χ0) is 13.1. The van der Waals surface area contributed by atoms with Crippen molar-refractivity contribution in [2.75, 3.05) is 19.8 Å². The van der Waals surface area contributed by atoms with E-state index in [4.69, 9.17) is 9.47 Å². The average Bonchev–Trinajstić information content (AvgIpc) is 2.26. The van der Waals surface area contributed by atoms with Crippen LogP contribution in [0.15, 0.2) is 29.2 Å². The molecule has 0 saturated heterocycles. The van der Waals surface area contributed by atoms with Crippen LogP contribution in [-0.4, -0.2) is 26.5 Å². The molecule has 1 rings (SSSR count). The predicted octanol–water partition coefficient (Wildman–Crippen LogP) is 3.57. The summed E-state index contributed by atoms with van der Waals surface area (Å²) in [5, 5.41) is 0. The van der Waals surface area contributed by atoms with E-state index in [0.717, 1.165) is 17.3 Å². The van der Waals surface area contributed by atoms with Gasteiger partial charge in [-0.2, -0.15) is 13.2 Å². The normalized spacial score (nSPS) is 9.76. The van der Waals surface area contributed by atoms with E-state index in [1.165, 1.54) is 0 Å². The lowest BCUT2D eigenvalue weighted by atomic mass is 10.3. The van der Waals surface area contributed by atoms with Crippen LogP contribution in [0, 0.1) is 0 Å². The second-order valence-electron chi connectivity index (χ2n) is 2.79. The van der Waals surface area contributed by atoms with Crippen LogP contribution in [0.4, 0.5) is 13.2 Å². The topological polar surface area (TPSA) is 18.5 Å². The minimum Gasteiger partial charge on any atom is -0.491 e. The van der Waals surface area contributed by atoms with Gasteiger partial charge in [0, 0.05) is 11.5 Å². The van der Waals surface area contributed by atoms with Crippen molar-refractivity contribution in [1.29, 1.82) is 0 Å². The van der Waals surface area contributed by atoms with Crippen molar-refractivity contribution in [1.82, 2.24) is 0 Å². The lowest BCUT2D eigenvalue weighted by Crippen LogP contribution is -2.05. The smallest absolute Gasteiger partial charge is 0.379 e. The zero-order valence-corrected chi connectivity index (χ0v) is 10.3. The molecule has 0 fully saturated rings. The maximum Gasteiger partial charge on any atom is 0.379 e. The standard InChI is InChI=1S/C10H14O2S.CHF3/c1-2-11-7-8-12-9-3-5-10(13)6-4-9;2-1(3)4/h3-6,13H,2,7-8H2,1H3;1H. The predicted molar refractivity (Wildman–Crippen MR) is 62.8 cm³/mol. The van der Waals surface area contributed by atoms with Gasteiger partial charge >= 0.3 is 6.68 Å². The zero-order valence-electron chi connectivity index (χ0n) is 9.41. The third-order valence-corrected chi connectivity index (χ3v) is 1.84. The van der Waals surface area contributed by atoms with Gasteiger partial charge in [-0.05, 0) is 31.2 Å². The lowest BCUT2D eigenvalue weighted by Gasteiger charge is -2.05. The quantitative estimate of drug-likeness (QED) is 0.650. The number of hydrogen-bond acceptors (Lipinski definition) is 3. The van der Waals surface area contributed by atoms with E-state index >= 15 is 0 Å². The summed E-state index contributed by atoms with van der Waals surface area (Å²) >= 11 is 4.18. The Balaban J connectivity index is 0.000000557. The van der Waals surface area contributed by atoms with Gasteiger partial charge in [0.2, 0.25) is 0 Å². The van der Waals surface area contributed by atoms with Crippen molar-refractivity contribution < 1.29 is 22.6 Å². The molecule has 0 heterocycles. The fourth-order valence-corrected chi connectivity index (χ4v) is 1.05. The van der Waals surface area contributed by atoms with Gasteiger partial charge in [-0.15, -0.1) is 12.6 Å². The summed E-state index contributed by atoms with van der Waals surface area (Å²) in [6, 6.07) is 7.60. The summed E-state index contributed by atoms with van der Waals surface area (Å²) in [5.41, 5.74) is 0. The van der Waals surface area contributed by atoms with Crippen LogP contribution in [0.25, 0.3) is 0 Å². The maximum absolute atomic E-state index is 9.67. The van der Waals surface area contributed by atoms with E-state index in [9.17, 15) is 13.2 Å². The van der Waals surface area contributed by atoms with Crippen molar-refractivity contribution in [2.24, 2.45) is 0 Å². The Labute approximate surface area is 104 Å².